The maximum Gasteiger partial charge on any atom is 0.459 e. The van der Waals surface area contributed by atoms with E-state index in [0.29, 0.717) is 22.3 Å². The van der Waals surface area contributed by atoms with Crippen molar-refractivity contribution in [2.45, 2.75) is 143 Å². The van der Waals surface area contributed by atoms with E-state index in [1.165, 1.54) is 0 Å². The van der Waals surface area contributed by atoms with Gasteiger partial charge in [-0.3, -0.25) is 29.0 Å². The van der Waals surface area contributed by atoms with Gasteiger partial charge in [-0.25, -0.2) is 4.39 Å². The van der Waals surface area contributed by atoms with E-state index < -0.39 is 111 Å². The van der Waals surface area contributed by atoms with E-state index in [-0.39, 0.29) is 100 Å². The summed E-state index contributed by atoms with van der Waals surface area (Å²) in [6.45, 7) is 8.25. The lowest BCUT2D eigenvalue weighted by Gasteiger charge is -2.39. The molecule has 4 aromatic rings. The summed E-state index contributed by atoms with van der Waals surface area (Å²) in [5.41, 5.74) is 0.445. The van der Waals surface area contributed by atoms with Crippen LogP contribution in [0.25, 0.3) is 32.3 Å². The first kappa shape index (κ1) is 49.5. The SMILES string of the molecule is CCc1c(CC)c(CC)c2c3c4c(c5c(CC)c(CC)c(CC)c(CC)c5c5c4c(c2c1CC)C(=O)N(CC(F)C(F)(F)C(F)(F)F)C5=O)C(=O)N(CC(F)(F)C(F)(F)C(F)(F)F)C3=O. The number of hydrogen-bond acceptors (Lipinski definition) is 4. The fraction of sp³-hybridized carbons (Fsp3) is 0.522. The number of hydrogen-bond donors (Lipinski definition) is 0. The molecule has 4 amide bonds. The van der Waals surface area contributed by atoms with Crippen LogP contribution in [-0.4, -0.2) is 82.8 Å². The Morgan fingerprint density at radius 3 is 0.877 bits per heavy atom. The lowest BCUT2D eigenvalue weighted by molar-refractivity contribution is -0.354. The minimum atomic E-state index is -6.86. The molecule has 2 heterocycles. The average molecular weight is 937 g/mol. The summed E-state index contributed by atoms with van der Waals surface area (Å²) in [5, 5.41) is -2.10. The van der Waals surface area contributed by atoms with Crippen molar-refractivity contribution in [3.8, 4) is 0 Å². The Labute approximate surface area is 364 Å². The molecule has 4 aromatic carbocycles. The van der Waals surface area contributed by atoms with Crippen LogP contribution in [0.2, 0.25) is 0 Å². The number of benzene rings is 4. The van der Waals surface area contributed by atoms with Crippen LogP contribution < -0.4 is 0 Å². The van der Waals surface area contributed by atoms with Gasteiger partial charge in [-0.05, 0) is 117 Å². The molecule has 0 aliphatic carbocycles. The highest BCUT2D eigenvalue weighted by molar-refractivity contribution is 6.44. The largest absolute Gasteiger partial charge is 0.459 e. The Bertz CT molecular complexity index is 2580. The quantitative estimate of drug-likeness (QED) is 0.0717. The second-order valence-electron chi connectivity index (χ2n) is 16.2. The molecule has 1 atom stereocenters. The number of fused-ring (bicyclic) bond motifs is 6. The maximum atomic E-state index is 15.6. The summed E-state index contributed by atoms with van der Waals surface area (Å²) in [6.07, 6.45) is -16.9. The van der Waals surface area contributed by atoms with Gasteiger partial charge in [0.15, 0.2) is 6.17 Å². The fourth-order valence-electron chi connectivity index (χ4n) is 10.4. The number of alkyl halides is 13. The van der Waals surface area contributed by atoms with Crippen LogP contribution in [-0.2, 0) is 51.4 Å². The minimum absolute atomic E-state index is 0.0315. The first-order valence-corrected chi connectivity index (χ1v) is 21.4. The van der Waals surface area contributed by atoms with Crippen molar-refractivity contribution in [1.82, 2.24) is 9.80 Å². The third-order valence-electron chi connectivity index (χ3n) is 13.1. The van der Waals surface area contributed by atoms with Crippen molar-refractivity contribution in [2.24, 2.45) is 0 Å². The highest BCUT2D eigenvalue weighted by Gasteiger charge is 2.74. The molecule has 19 heteroatoms. The second kappa shape index (κ2) is 16.4. The number of halogens is 13. The molecule has 0 spiro atoms. The number of nitrogens with zero attached hydrogens (tertiary/aromatic N) is 2. The van der Waals surface area contributed by atoms with E-state index in [9.17, 15) is 43.9 Å². The van der Waals surface area contributed by atoms with Crippen LogP contribution in [0.15, 0.2) is 0 Å². The molecule has 0 N–H and O–H groups in total. The monoisotopic (exact) mass is 936 g/mol. The summed E-state index contributed by atoms with van der Waals surface area (Å²) < 4.78 is 187. The normalized spacial score (nSPS) is 15.8. The zero-order valence-electron chi connectivity index (χ0n) is 36.6. The second-order valence-corrected chi connectivity index (χ2v) is 16.2. The molecule has 6 nitrogen and oxygen atoms in total. The Kier molecular flexibility index (Phi) is 12.5. The fourth-order valence-corrected chi connectivity index (χ4v) is 10.4. The summed E-state index contributed by atoms with van der Waals surface area (Å²) in [7, 11) is 0. The number of aryl methyl sites for hydroxylation is 4. The smallest absolute Gasteiger partial charge is 0.271 e. The lowest BCUT2D eigenvalue weighted by Crippen LogP contribution is -2.59. The van der Waals surface area contributed by atoms with Crippen LogP contribution in [0.3, 0.4) is 0 Å². The van der Waals surface area contributed by atoms with E-state index in [1.54, 1.807) is 55.4 Å². The van der Waals surface area contributed by atoms with Crippen molar-refractivity contribution in [1.29, 1.82) is 0 Å². The van der Waals surface area contributed by atoms with Crippen molar-refractivity contribution in [3.63, 3.8) is 0 Å². The van der Waals surface area contributed by atoms with Gasteiger partial charge in [0.05, 0.1) is 35.3 Å². The molecule has 0 saturated carbocycles. The third-order valence-corrected chi connectivity index (χ3v) is 13.1. The van der Waals surface area contributed by atoms with Crippen LogP contribution in [0.1, 0.15) is 141 Å². The van der Waals surface area contributed by atoms with Gasteiger partial charge < -0.3 is 0 Å². The van der Waals surface area contributed by atoms with E-state index in [0.717, 1.165) is 0 Å². The van der Waals surface area contributed by atoms with Gasteiger partial charge >= 0.3 is 30.1 Å². The molecular weight excluding hydrogens is 891 g/mol. The molecule has 0 radical (unpaired) electrons. The van der Waals surface area contributed by atoms with Gasteiger partial charge in [0, 0.05) is 10.8 Å². The zero-order valence-corrected chi connectivity index (χ0v) is 36.6. The summed E-state index contributed by atoms with van der Waals surface area (Å²) in [4.78, 5) is 59.9. The standard InChI is InChI=1S/C46H45F13N2O4/c1-9-19-21(11-3)25(15-7)30-28(23(19)13-5)34-32-33-36(30)40(64)61(18-42(48,49)44(52,53)46(57,58)59)41(65)37(33)31-26(16-8)22(12-4)20(10-2)24(14-6)29(31)35(32)39(63)60(38(34)62)17-27(47)43(50,51)45(54,55)56/h27H,9-18H2,1-8H3. The maximum absolute atomic E-state index is 15.6. The molecule has 2 aliphatic rings. The molecule has 6 rings (SSSR count). The first-order valence-electron chi connectivity index (χ1n) is 21.4. The molecule has 0 bridgehead atoms. The topological polar surface area (TPSA) is 74.8 Å². The first-order chi connectivity index (χ1) is 30.1. The van der Waals surface area contributed by atoms with Crippen LogP contribution in [0.4, 0.5) is 57.1 Å². The van der Waals surface area contributed by atoms with Crippen LogP contribution in [0, 0.1) is 0 Å². The highest BCUT2D eigenvalue weighted by atomic mass is 19.4. The summed E-state index contributed by atoms with van der Waals surface area (Å²) >= 11 is 0. The highest BCUT2D eigenvalue weighted by Crippen LogP contribution is 2.54. The van der Waals surface area contributed by atoms with Crippen molar-refractivity contribution in [3.05, 3.63) is 66.8 Å². The van der Waals surface area contributed by atoms with Crippen molar-refractivity contribution < 1.29 is 76.3 Å². The number of imide groups is 2. The number of rotatable bonds is 14. The van der Waals surface area contributed by atoms with E-state index >= 15 is 32.3 Å². The molecule has 0 aromatic heterocycles. The molecule has 1 unspecified atom stereocenters. The molecule has 65 heavy (non-hydrogen) atoms. The molecule has 0 fully saturated rings. The molecular formula is C46H45F13N2O4. The van der Waals surface area contributed by atoms with Gasteiger partial charge in [-0.2, -0.15) is 52.7 Å². The molecule has 354 valence electrons. The van der Waals surface area contributed by atoms with Gasteiger partial charge in [0.2, 0.25) is 0 Å². The van der Waals surface area contributed by atoms with E-state index in [1.807, 2.05) is 0 Å². The Balaban J connectivity index is 2.01. The average Bonchev–Trinajstić information content (AvgIpc) is 3.23. The van der Waals surface area contributed by atoms with Gasteiger partial charge in [-0.15, -0.1) is 0 Å². The summed E-state index contributed by atoms with van der Waals surface area (Å²) in [6, 6.07) is 0. The van der Waals surface area contributed by atoms with E-state index in [4.69, 9.17) is 0 Å². The van der Waals surface area contributed by atoms with Gasteiger partial charge in [0.25, 0.3) is 23.6 Å². The lowest BCUT2D eigenvalue weighted by atomic mass is 9.72. The Morgan fingerprint density at radius 1 is 0.385 bits per heavy atom. The Morgan fingerprint density at radius 2 is 0.646 bits per heavy atom. The zero-order chi connectivity index (χ0) is 49.0. The number of carbonyl (C=O) groups is 4. The number of carbonyl (C=O) groups excluding carboxylic acids is 4. The predicted molar refractivity (Wildman–Crippen MR) is 217 cm³/mol. The van der Waals surface area contributed by atoms with Gasteiger partial charge in [-0.1, -0.05) is 55.4 Å². The van der Waals surface area contributed by atoms with E-state index in [2.05, 4.69) is 0 Å². The Hall–Kier alpha value is -4.97. The van der Waals surface area contributed by atoms with Crippen molar-refractivity contribution >= 4 is 55.9 Å². The number of amides is 4. The molecule has 2 aliphatic heterocycles. The third kappa shape index (κ3) is 6.72. The summed E-state index contributed by atoms with van der Waals surface area (Å²) in [5.74, 6) is -25.7. The predicted octanol–water partition coefficient (Wildman–Crippen LogP) is 12.2. The molecule has 0 saturated heterocycles. The minimum Gasteiger partial charge on any atom is -0.271 e. The van der Waals surface area contributed by atoms with Crippen molar-refractivity contribution in [2.75, 3.05) is 13.1 Å². The van der Waals surface area contributed by atoms with Crippen LogP contribution in [0.5, 0.6) is 0 Å². The van der Waals surface area contributed by atoms with Gasteiger partial charge in [0.1, 0.15) is 0 Å². The van der Waals surface area contributed by atoms with Crippen LogP contribution >= 0.6 is 0 Å².